The van der Waals surface area contributed by atoms with Crippen LogP contribution in [0.4, 0.5) is 0 Å². The number of fused-ring (bicyclic) bond motifs is 2. The minimum atomic E-state index is -0.405. The first-order valence-electron chi connectivity index (χ1n) is 8.64. The Balaban J connectivity index is 1.69. The Morgan fingerprint density at radius 2 is 2.04 bits per heavy atom. The third-order valence-corrected chi connectivity index (χ3v) is 5.58. The van der Waals surface area contributed by atoms with Crippen molar-refractivity contribution in [1.29, 1.82) is 0 Å². The number of thiophene rings is 1. The van der Waals surface area contributed by atoms with Crippen molar-refractivity contribution in [3.05, 3.63) is 70.2 Å². The molecule has 0 bridgehead atoms. The Bertz CT molecular complexity index is 1280. The Labute approximate surface area is 164 Å². The van der Waals surface area contributed by atoms with Crippen LogP contribution in [0.15, 0.2) is 59.1 Å². The molecule has 1 aliphatic rings. The van der Waals surface area contributed by atoms with Gasteiger partial charge >= 0.3 is 0 Å². The molecule has 0 saturated heterocycles. The number of ether oxygens (including phenoxy) is 1. The Morgan fingerprint density at radius 3 is 2.82 bits per heavy atom. The number of aromatic hydroxyl groups is 2. The summed E-state index contributed by atoms with van der Waals surface area (Å²) in [5.41, 5.74) is 4.15. The monoisotopic (exact) mass is 389 g/mol. The lowest BCUT2D eigenvalue weighted by Gasteiger charge is -2.04. The molecule has 0 atom stereocenters. The van der Waals surface area contributed by atoms with Crippen LogP contribution in [0.5, 0.6) is 17.2 Å². The number of rotatable bonds is 2. The molecule has 5 nitrogen and oxygen atoms in total. The Kier molecular flexibility index (Phi) is 3.57. The van der Waals surface area contributed by atoms with E-state index < -0.39 is 5.78 Å². The number of phenolic OH excluding ortho intramolecular Hbond substituents is 2. The highest BCUT2D eigenvalue weighted by Crippen LogP contribution is 2.41. The molecule has 0 radical (unpaired) electrons. The summed E-state index contributed by atoms with van der Waals surface area (Å²) in [4.78, 5) is 12.7. The third kappa shape index (κ3) is 2.42. The molecular formula is C22H15NO4S. The van der Waals surface area contributed by atoms with E-state index in [-0.39, 0.29) is 28.6 Å². The zero-order valence-corrected chi connectivity index (χ0v) is 15.7. The van der Waals surface area contributed by atoms with Gasteiger partial charge in [0.1, 0.15) is 22.8 Å². The van der Waals surface area contributed by atoms with Crippen molar-refractivity contribution in [2.75, 3.05) is 0 Å². The number of allylic oxidation sites excluding steroid dienone is 1. The van der Waals surface area contributed by atoms with E-state index in [0.717, 1.165) is 33.7 Å². The van der Waals surface area contributed by atoms with Crippen LogP contribution >= 0.6 is 11.3 Å². The summed E-state index contributed by atoms with van der Waals surface area (Å²) in [5.74, 6) is -0.580. The molecule has 0 fully saturated rings. The largest absolute Gasteiger partial charge is 0.508 e. The first-order valence-corrected chi connectivity index (χ1v) is 9.58. The van der Waals surface area contributed by atoms with Crippen LogP contribution in [0.3, 0.4) is 0 Å². The third-order valence-electron chi connectivity index (χ3n) is 4.90. The molecule has 0 unspecified atom stereocenters. The molecule has 2 N–H and O–H groups in total. The van der Waals surface area contributed by atoms with E-state index in [2.05, 4.69) is 17.5 Å². The van der Waals surface area contributed by atoms with Crippen LogP contribution in [-0.2, 0) is 7.05 Å². The van der Waals surface area contributed by atoms with Gasteiger partial charge in [0.25, 0.3) is 0 Å². The molecule has 2 aromatic carbocycles. The van der Waals surface area contributed by atoms with Gasteiger partial charge in [0.2, 0.25) is 5.78 Å². The molecule has 28 heavy (non-hydrogen) atoms. The van der Waals surface area contributed by atoms with Crippen LogP contribution in [0.2, 0.25) is 0 Å². The van der Waals surface area contributed by atoms with Gasteiger partial charge in [-0.2, -0.15) is 11.3 Å². The Hall–Kier alpha value is -3.51. The molecule has 0 spiro atoms. The number of carbonyl (C=O) groups is 1. The van der Waals surface area contributed by atoms with Crippen molar-refractivity contribution in [1.82, 2.24) is 4.57 Å². The van der Waals surface area contributed by atoms with E-state index in [1.807, 2.05) is 35.3 Å². The molecule has 5 rings (SSSR count). The average Bonchev–Trinajstić information content (AvgIpc) is 3.36. The fourth-order valence-corrected chi connectivity index (χ4v) is 4.32. The summed E-state index contributed by atoms with van der Waals surface area (Å²) in [5, 5.41) is 24.8. The maximum atomic E-state index is 12.7. The number of phenols is 2. The second kappa shape index (κ2) is 6.00. The first kappa shape index (κ1) is 16.6. The number of benzene rings is 2. The summed E-state index contributed by atoms with van der Waals surface area (Å²) in [6.45, 7) is 0. The van der Waals surface area contributed by atoms with Gasteiger partial charge in [-0.05, 0) is 40.1 Å². The molecule has 0 saturated carbocycles. The zero-order valence-electron chi connectivity index (χ0n) is 14.8. The van der Waals surface area contributed by atoms with Gasteiger partial charge in [0, 0.05) is 41.8 Å². The lowest BCUT2D eigenvalue weighted by Crippen LogP contribution is -1.98. The molecule has 6 heteroatoms. The fraction of sp³-hybridized carbons (Fsp3) is 0.0455. The second-order valence-electron chi connectivity index (χ2n) is 6.68. The van der Waals surface area contributed by atoms with E-state index in [1.165, 1.54) is 6.07 Å². The van der Waals surface area contributed by atoms with Crippen LogP contribution in [0, 0.1) is 0 Å². The zero-order chi connectivity index (χ0) is 19.4. The quantitative estimate of drug-likeness (QED) is 0.477. The summed E-state index contributed by atoms with van der Waals surface area (Å²) >= 11 is 1.63. The van der Waals surface area contributed by atoms with E-state index in [0.29, 0.717) is 0 Å². The number of aromatic nitrogens is 1. The normalized spacial score (nSPS) is 14.6. The number of carbonyl (C=O) groups excluding carboxylic acids is 1. The predicted molar refractivity (Wildman–Crippen MR) is 109 cm³/mol. The summed E-state index contributed by atoms with van der Waals surface area (Å²) in [7, 11) is 1.96. The second-order valence-corrected chi connectivity index (χ2v) is 7.46. The summed E-state index contributed by atoms with van der Waals surface area (Å²) in [6, 6.07) is 10.6. The molecule has 138 valence electrons. The van der Waals surface area contributed by atoms with E-state index >= 15 is 0 Å². The molecular weight excluding hydrogens is 374 g/mol. The van der Waals surface area contributed by atoms with Crippen molar-refractivity contribution in [2.45, 2.75) is 0 Å². The van der Waals surface area contributed by atoms with Gasteiger partial charge in [-0.15, -0.1) is 0 Å². The molecule has 4 aromatic rings. The molecule has 2 aromatic heterocycles. The van der Waals surface area contributed by atoms with Gasteiger partial charge in [-0.3, -0.25) is 4.79 Å². The van der Waals surface area contributed by atoms with Crippen LogP contribution in [-0.4, -0.2) is 20.6 Å². The molecule has 3 heterocycles. The van der Waals surface area contributed by atoms with Gasteiger partial charge in [0.15, 0.2) is 5.76 Å². The maximum Gasteiger partial charge on any atom is 0.235 e. The van der Waals surface area contributed by atoms with E-state index in [1.54, 1.807) is 17.4 Å². The number of aryl methyl sites for hydroxylation is 1. The standard InChI is InChI=1S/C22H15NO4S/c1-23-10-13(20-15(3-2-4-16(20)23)12-5-6-28-11-12)7-19-22(26)21-17(25)8-14(24)9-18(21)27-19/h2-11,24-25H,1H3. The lowest BCUT2D eigenvalue weighted by molar-refractivity contribution is 0.101. The predicted octanol–water partition coefficient (Wildman–Crippen LogP) is 4.93. The topological polar surface area (TPSA) is 71.7 Å². The van der Waals surface area contributed by atoms with Gasteiger partial charge in [-0.1, -0.05) is 12.1 Å². The van der Waals surface area contributed by atoms with Crippen molar-refractivity contribution in [2.24, 2.45) is 7.05 Å². The smallest absolute Gasteiger partial charge is 0.235 e. The highest BCUT2D eigenvalue weighted by Gasteiger charge is 2.31. The molecule has 1 aliphatic heterocycles. The maximum absolute atomic E-state index is 12.7. The number of hydrogen-bond acceptors (Lipinski definition) is 5. The van der Waals surface area contributed by atoms with Crippen molar-refractivity contribution in [3.63, 3.8) is 0 Å². The van der Waals surface area contributed by atoms with Crippen molar-refractivity contribution >= 4 is 34.1 Å². The average molecular weight is 389 g/mol. The van der Waals surface area contributed by atoms with E-state index in [9.17, 15) is 15.0 Å². The highest BCUT2D eigenvalue weighted by atomic mass is 32.1. The number of ketones is 1. The van der Waals surface area contributed by atoms with Gasteiger partial charge < -0.3 is 19.5 Å². The minimum Gasteiger partial charge on any atom is -0.508 e. The van der Waals surface area contributed by atoms with Gasteiger partial charge in [-0.25, -0.2) is 0 Å². The Morgan fingerprint density at radius 1 is 1.18 bits per heavy atom. The molecule has 0 aliphatic carbocycles. The number of hydrogen-bond donors (Lipinski definition) is 2. The number of Topliss-reactive ketones (excluding diaryl/α,β-unsaturated/α-hetero) is 1. The van der Waals surface area contributed by atoms with E-state index in [4.69, 9.17) is 4.74 Å². The van der Waals surface area contributed by atoms with Crippen LogP contribution < -0.4 is 4.74 Å². The lowest BCUT2D eigenvalue weighted by atomic mass is 10.0. The van der Waals surface area contributed by atoms with Crippen LogP contribution in [0.1, 0.15) is 15.9 Å². The first-order chi connectivity index (χ1) is 13.5. The minimum absolute atomic E-state index is 0.0716. The van der Waals surface area contributed by atoms with Gasteiger partial charge in [0.05, 0.1) is 0 Å². The highest BCUT2D eigenvalue weighted by molar-refractivity contribution is 7.08. The summed E-state index contributed by atoms with van der Waals surface area (Å²) < 4.78 is 7.67. The van der Waals surface area contributed by atoms with Crippen molar-refractivity contribution < 1.29 is 19.7 Å². The van der Waals surface area contributed by atoms with Crippen molar-refractivity contribution in [3.8, 4) is 28.4 Å². The molecule has 0 amide bonds. The fourth-order valence-electron chi connectivity index (χ4n) is 3.67. The summed E-state index contributed by atoms with van der Waals surface area (Å²) in [6.07, 6.45) is 3.64. The van der Waals surface area contributed by atoms with Crippen LogP contribution in [0.25, 0.3) is 28.1 Å². The SMILES string of the molecule is Cn1cc(C=C2Oc3cc(O)cc(O)c3C2=O)c2c(-c3ccsc3)cccc21. The number of nitrogens with zero attached hydrogens (tertiary/aromatic N) is 1.